The zero-order valence-corrected chi connectivity index (χ0v) is 8.75. The number of hydrogen-bond acceptors (Lipinski definition) is 3. The Bertz CT molecular complexity index is 200. The van der Waals surface area contributed by atoms with Gasteiger partial charge < -0.3 is 16.2 Å². The predicted octanol–water partition coefficient (Wildman–Crippen LogP) is 0.00250. The molecule has 0 bridgehead atoms. The SMILES string of the molecule is CC(CNC1(CO)CCCC1)C(N)=O. The van der Waals surface area contributed by atoms with Gasteiger partial charge in [0.1, 0.15) is 0 Å². The molecule has 82 valence electrons. The minimum atomic E-state index is -0.288. The average Bonchev–Trinajstić information content (AvgIpc) is 2.63. The third-order valence-electron chi connectivity index (χ3n) is 3.13. The van der Waals surface area contributed by atoms with E-state index in [1.165, 1.54) is 0 Å². The normalized spacial score (nSPS) is 22.1. The fourth-order valence-corrected chi connectivity index (χ4v) is 1.91. The summed E-state index contributed by atoms with van der Waals surface area (Å²) in [5.74, 6) is -0.456. The van der Waals surface area contributed by atoms with Gasteiger partial charge in [0.25, 0.3) is 0 Å². The molecule has 1 aliphatic carbocycles. The standard InChI is InChI=1S/C10H20N2O2/c1-8(9(11)14)6-12-10(7-13)4-2-3-5-10/h8,12-13H,2-7H2,1H3,(H2,11,14). The molecular weight excluding hydrogens is 180 g/mol. The van der Waals surface area contributed by atoms with Crippen molar-refractivity contribution in [2.24, 2.45) is 11.7 Å². The Balaban J connectivity index is 2.38. The fourth-order valence-electron chi connectivity index (χ4n) is 1.91. The molecule has 0 aromatic heterocycles. The van der Waals surface area contributed by atoms with Crippen LogP contribution in [-0.4, -0.2) is 29.7 Å². The van der Waals surface area contributed by atoms with Gasteiger partial charge >= 0.3 is 0 Å². The van der Waals surface area contributed by atoms with Gasteiger partial charge in [-0.25, -0.2) is 0 Å². The highest BCUT2D eigenvalue weighted by Crippen LogP contribution is 2.29. The van der Waals surface area contributed by atoms with Crippen molar-refractivity contribution in [3.05, 3.63) is 0 Å². The third kappa shape index (κ3) is 2.69. The van der Waals surface area contributed by atoms with Crippen molar-refractivity contribution in [3.8, 4) is 0 Å². The first kappa shape index (κ1) is 11.5. The molecule has 1 atom stereocenters. The van der Waals surface area contributed by atoms with Gasteiger partial charge in [-0.2, -0.15) is 0 Å². The molecule has 0 aromatic rings. The Kier molecular flexibility index (Phi) is 3.89. The van der Waals surface area contributed by atoms with E-state index in [1.807, 2.05) is 0 Å². The molecule has 0 saturated heterocycles. The number of carbonyl (C=O) groups excluding carboxylic acids is 1. The quantitative estimate of drug-likeness (QED) is 0.585. The van der Waals surface area contributed by atoms with Crippen LogP contribution in [0.4, 0.5) is 0 Å². The summed E-state index contributed by atoms with van der Waals surface area (Å²) in [4.78, 5) is 10.8. The van der Waals surface area contributed by atoms with Crippen molar-refractivity contribution in [2.75, 3.05) is 13.2 Å². The summed E-state index contributed by atoms with van der Waals surface area (Å²) < 4.78 is 0. The van der Waals surface area contributed by atoms with Gasteiger partial charge in [0, 0.05) is 18.0 Å². The van der Waals surface area contributed by atoms with E-state index < -0.39 is 0 Å². The van der Waals surface area contributed by atoms with Crippen LogP contribution >= 0.6 is 0 Å². The second-order valence-electron chi connectivity index (χ2n) is 4.33. The van der Waals surface area contributed by atoms with E-state index in [2.05, 4.69) is 5.32 Å². The fraction of sp³-hybridized carbons (Fsp3) is 0.900. The molecule has 1 fully saturated rings. The maximum Gasteiger partial charge on any atom is 0.221 e. The van der Waals surface area contributed by atoms with Crippen LogP contribution in [0.25, 0.3) is 0 Å². The predicted molar refractivity (Wildman–Crippen MR) is 54.6 cm³/mol. The lowest BCUT2D eigenvalue weighted by atomic mass is 9.98. The first-order valence-corrected chi connectivity index (χ1v) is 5.25. The number of nitrogens with one attached hydrogen (secondary N) is 1. The lowest BCUT2D eigenvalue weighted by Crippen LogP contribution is -2.49. The molecule has 1 aliphatic rings. The summed E-state index contributed by atoms with van der Waals surface area (Å²) in [5, 5.41) is 12.6. The topological polar surface area (TPSA) is 75.3 Å². The molecule has 0 aromatic carbocycles. The Morgan fingerprint density at radius 2 is 2.14 bits per heavy atom. The van der Waals surface area contributed by atoms with Crippen molar-refractivity contribution >= 4 is 5.91 Å². The molecule has 1 rings (SSSR count). The van der Waals surface area contributed by atoms with Gasteiger partial charge in [0.05, 0.1) is 6.61 Å². The monoisotopic (exact) mass is 200 g/mol. The number of hydrogen-bond donors (Lipinski definition) is 3. The smallest absolute Gasteiger partial charge is 0.221 e. The molecular formula is C10H20N2O2. The average molecular weight is 200 g/mol. The molecule has 0 heterocycles. The number of carbonyl (C=O) groups is 1. The molecule has 4 N–H and O–H groups in total. The number of rotatable bonds is 5. The van der Waals surface area contributed by atoms with Crippen molar-refractivity contribution in [3.63, 3.8) is 0 Å². The van der Waals surface area contributed by atoms with Gasteiger partial charge in [0.2, 0.25) is 5.91 Å². The molecule has 14 heavy (non-hydrogen) atoms. The highest BCUT2D eigenvalue weighted by atomic mass is 16.3. The molecule has 1 amide bonds. The van der Waals surface area contributed by atoms with Gasteiger partial charge in [-0.1, -0.05) is 19.8 Å². The molecule has 1 saturated carbocycles. The van der Waals surface area contributed by atoms with Gasteiger partial charge in [-0.3, -0.25) is 4.79 Å². The van der Waals surface area contributed by atoms with E-state index in [0.717, 1.165) is 25.7 Å². The van der Waals surface area contributed by atoms with Crippen LogP contribution in [0.15, 0.2) is 0 Å². The van der Waals surface area contributed by atoms with Crippen LogP contribution in [0.2, 0.25) is 0 Å². The Morgan fingerprint density at radius 1 is 1.57 bits per heavy atom. The second-order valence-corrected chi connectivity index (χ2v) is 4.33. The van der Waals surface area contributed by atoms with Crippen LogP contribution < -0.4 is 11.1 Å². The Morgan fingerprint density at radius 3 is 2.57 bits per heavy atom. The summed E-state index contributed by atoms with van der Waals surface area (Å²) in [6.07, 6.45) is 4.29. The minimum absolute atomic E-state index is 0.149. The minimum Gasteiger partial charge on any atom is -0.394 e. The maximum atomic E-state index is 10.8. The van der Waals surface area contributed by atoms with Gasteiger partial charge in [0.15, 0.2) is 0 Å². The van der Waals surface area contributed by atoms with Crippen LogP contribution in [0, 0.1) is 5.92 Å². The number of amides is 1. The summed E-state index contributed by atoms with van der Waals surface area (Å²) >= 11 is 0. The molecule has 4 nitrogen and oxygen atoms in total. The zero-order valence-electron chi connectivity index (χ0n) is 8.75. The number of aliphatic hydroxyl groups excluding tert-OH is 1. The summed E-state index contributed by atoms with van der Waals surface area (Å²) in [7, 11) is 0. The largest absolute Gasteiger partial charge is 0.394 e. The number of nitrogens with two attached hydrogens (primary N) is 1. The van der Waals surface area contributed by atoms with Crippen LogP contribution in [0.5, 0.6) is 0 Å². The van der Waals surface area contributed by atoms with E-state index in [4.69, 9.17) is 5.73 Å². The highest BCUT2D eigenvalue weighted by molar-refractivity contribution is 5.76. The van der Waals surface area contributed by atoms with E-state index >= 15 is 0 Å². The number of aliphatic hydroxyl groups is 1. The van der Waals surface area contributed by atoms with E-state index in [-0.39, 0.29) is 24.0 Å². The first-order valence-electron chi connectivity index (χ1n) is 5.25. The molecule has 1 unspecified atom stereocenters. The highest BCUT2D eigenvalue weighted by Gasteiger charge is 2.32. The first-order chi connectivity index (χ1) is 6.59. The summed E-state index contributed by atoms with van der Waals surface area (Å²) in [6.45, 7) is 2.52. The van der Waals surface area contributed by atoms with E-state index in [1.54, 1.807) is 6.92 Å². The molecule has 4 heteroatoms. The van der Waals surface area contributed by atoms with E-state index in [9.17, 15) is 9.90 Å². The second kappa shape index (κ2) is 4.75. The Hall–Kier alpha value is -0.610. The van der Waals surface area contributed by atoms with Crippen molar-refractivity contribution in [1.29, 1.82) is 0 Å². The summed E-state index contributed by atoms with van der Waals surface area (Å²) in [5.41, 5.74) is 5.01. The molecule has 0 radical (unpaired) electrons. The van der Waals surface area contributed by atoms with E-state index in [0.29, 0.717) is 6.54 Å². The van der Waals surface area contributed by atoms with Gasteiger partial charge in [-0.05, 0) is 12.8 Å². The number of primary amides is 1. The lowest BCUT2D eigenvalue weighted by Gasteiger charge is -2.29. The Labute approximate surface area is 84.9 Å². The van der Waals surface area contributed by atoms with Crippen molar-refractivity contribution in [2.45, 2.75) is 38.1 Å². The van der Waals surface area contributed by atoms with Crippen LogP contribution in [-0.2, 0) is 4.79 Å². The van der Waals surface area contributed by atoms with Crippen molar-refractivity contribution < 1.29 is 9.90 Å². The van der Waals surface area contributed by atoms with Gasteiger partial charge in [-0.15, -0.1) is 0 Å². The van der Waals surface area contributed by atoms with Crippen LogP contribution in [0.1, 0.15) is 32.6 Å². The third-order valence-corrected chi connectivity index (χ3v) is 3.13. The van der Waals surface area contributed by atoms with Crippen LogP contribution in [0.3, 0.4) is 0 Å². The summed E-state index contributed by atoms with van der Waals surface area (Å²) in [6, 6.07) is 0. The zero-order chi connectivity index (χ0) is 10.6. The molecule has 0 aliphatic heterocycles. The lowest BCUT2D eigenvalue weighted by molar-refractivity contribution is -0.121. The maximum absolute atomic E-state index is 10.8. The molecule has 0 spiro atoms. The van der Waals surface area contributed by atoms with Crippen molar-refractivity contribution in [1.82, 2.24) is 5.32 Å².